The van der Waals surface area contributed by atoms with Crippen molar-refractivity contribution in [2.45, 2.75) is 43.9 Å². The molecule has 0 aliphatic heterocycles. The highest BCUT2D eigenvalue weighted by Crippen LogP contribution is 2.23. The Hall–Kier alpha value is -0.620. The molecule has 17 heavy (non-hydrogen) atoms. The van der Waals surface area contributed by atoms with E-state index in [4.69, 9.17) is 5.73 Å². The van der Waals surface area contributed by atoms with Gasteiger partial charge in [0.05, 0.1) is 0 Å². The van der Waals surface area contributed by atoms with Gasteiger partial charge in [0.2, 0.25) is 5.91 Å². The van der Waals surface area contributed by atoms with Crippen LogP contribution in [-0.2, 0) is 14.6 Å². The van der Waals surface area contributed by atoms with Gasteiger partial charge in [-0.3, -0.25) is 4.79 Å². The van der Waals surface area contributed by atoms with E-state index in [1.807, 2.05) is 0 Å². The topological polar surface area (TPSA) is 89.3 Å². The fraction of sp³-hybridized carbons (Fsp3) is 0.909. The second kappa shape index (κ2) is 5.82. The molecular weight excluding hydrogens is 240 g/mol. The van der Waals surface area contributed by atoms with Crippen LogP contribution in [-0.4, -0.2) is 38.4 Å². The summed E-state index contributed by atoms with van der Waals surface area (Å²) in [4.78, 5) is 11.8. The van der Waals surface area contributed by atoms with Gasteiger partial charge in [-0.25, -0.2) is 8.42 Å². The largest absolute Gasteiger partial charge is 0.352 e. The molecular formula is C11H22N2O3S. The van der Waals surface area contributed by atoms with Crippen molar-refractivity contribution in [2.24, 2.45) is 11.7 Å². The lowest BCUT2D eigenvalue weighted by Crippen LogP contribution is -2.48. The molecule has 6 heteroatoms. The SMILES string of the molecule is CC(C(=O)NC1CCCCC1CN)S(C)(=O)=O. The molecule has 1 saturated carbocycles. The third kappa shape index (κ3) is 3.96. The number of sulfone groups is 1. The minimum absolute atomic E-state index is 0.0328. The van der Waals surface area contributed by atoms with Crippen molar-refractivity contribution in [2.75, 3.05) is 12.8 Å². The fourth-order valence-corrected chi connectivity index (χ4v) is 2.63. The maximum absolute atomic E-state index is 11.8. The summed E-state index contributed by atoms with van der Waals surface area (Å²) in [5, 5.41) is 1.84. The highest BCUT2D eigenvalue weighted by atomic mass is 32.2. The highest BCUT2D eigenvalue weighted by molar-refractivity contribution is 7.92. The average molecular weight is 262 g/mol. The van der Waals surface area contributed by atoms with Crippen LogP contribution in [0.3, 0.4) is 0 Å². The number of hydrogen-bond donors (Lipinski definition) is 2. The number of nitrogens with two attached hydrogens (primary N) is 1. The lowest BCUT2D eigenvalue weighted by molar-refractivity contribution is -0.121. The fourth-order valence-electron chi connectivity index (χ4n) is 2.17. The Morgan fingerprint density at radius 1 is 1.41 bits per heavy atom. The molecule has 0 radical (unpaired) electrons. The zero-order chi connectivity index (χ0) is 13.1. The molecule has 3 N–H and O–H groups in total. The Kier molecular flexibility index (Phi) is 4.94. The first-order valence-corrected chi connectivity index (χ1v) is 8.01. The highest BCUT2D eigenvalue weighted by Gasteiger charge is 2.29. The molecule has 1 rings (SSSR count). The van der Waals surface area contributed by atoms with Gasteiger partial charge in [-0.2, -0.15) is 0 Å². The van der Waals surface area contributed by atoms with Crippen LogP contribution < -0.4 is 11.1 Å². The van der Waals surface area contributed by atoms with Crippen molar-refractivity contribution in [3.05, 3.63) is 0 Å². The molecule has 1 fully saturated rings. The molecule has 1 amide bonds. The van der Waals surface area contributed by atoms with Gasteiger partial charge >= 0.3 is 0 Å². The zero-order valence-corrected chi connectivity index (χ0v) is 11.3. The Balaban J connectivity index is 2.61. The van der Waals surface area contributed by atoms with Gasteiger partial charge in [0.1, 0.15) is 5.25 Å². The molecule has 0 saturated heterocycles. The number of carbonyl (C=O) groups is 1. The molecule has 1 aliphatic rings. The van der Waals surface area contributed by atoms with Crippen molar-refractivity contribution in [3.8, 4) is 0 Å². The predicted octanol–water partition coefficient (Wildman–Crippen LogP) is 0.0532. The number of rotatable bonds is 4. The lowest BCUT2D eigenvalue weighted by Gasteiger charge is -2.31. The molecule has 0 aromatic carbocycles. The van der Waals surface area contributed by atoms with Crippen LogP contribution in [0.1, 0.15) is 32.6 Å². The summed E-state index contributed by atoms with van der Waals surface area (Å²) in [5.74, 6) is -0.127. The first-order valence-electron chi connectivity index (χ1n) is 6.05. The number of nitrogens with one attached hydrogen (secondary N) is 1. The number of hydrogen-bond acceptors (Lipinski definition) is 4. The summed E-state index contributed by atoms with van der Waals surface area (Å²) in [6.07, 6.45) is 5.18. The Bertz CT molecular complexity index is 367. The van der Waals surface area contributed by atoms with Crippen molar-refractivity contribution in [1.29, 1.82) is 0 Å². The number of amides is 1. The van der Waals surface area contributed by atoms with Gasteiger partial charge in [0.25, 0.3) is 0 Å². The molecule has 0 aromatic heterocycles. The maximum Gasteiger partial charge on any atom is 0.238 e. The summed E-state index contributed by atoms with van der Waals surface area (Å²) in [7, 11) is -3.32. The monoisotopic (exact) mass is 262 g/mol. The van der Waals surface area contributed by atoms with Crippen molar-refractivity contribution >= 4 is 15.7 Å². The normalized spacial score (nSPS) is 27.5. The second-order valence-corrected chi connectivity index (χ2v) is 7.23. The van der Waals surface area contributed by atoms with Crippen LogP contribution in [0.2, 0.25) is 0 Å². The Labute approximate surface area is 103 Å². The average Bonchev–Trinajstić information content (AvgIpc) is 2.27. The van der Waals surface area contributed by atoms with Crippen LogP contribution >= 0.6 is 0 Å². The lowest BCUT2D eigenvalue weighted by atomic mass is 9.84. The van der Waals surface area contributed by atoms with Gasteiger partial charge in [-0.15, -0.1) is 0 Å². The third-order valence-corrected chi connectivity index (χ3v) is 5.05. The maximum atomic E-state index is 11.8. The molecule has 1 aliphatic carbocycles. The van der Waals surface area contributed by atoms with Crippen LogP contribution in [0.4, 0.5) is 0 Å². The standard InChI is InChI=1S/C11H22N2O3S/c1-8(17(2,15)16)11(14)13-10-6-4-3-5-9(10)7-12/h8-10H,3-7,12H2,1-2H3,(H,13,14). The van der Waals surface area contributed by atoms with E-state index in [-0.39, 0.29) is 12.0 Å². The van der Waals surface area contributed by atoms with Gasteiger partial charge in [0, 0.05) is 12.3 Å². The third-order valence-electron chi connectivity index (χ3n) is 3.55. The molecule has 0 aromatic rings. The summed E-state index contributed by atoms with van der Waals surface area (Å²) >= 11 is 0. The Morgan fingerprint density at radius 3 is 2.53 bits per heavy atom. The van der Waals surface area contributed by atoms with Crippen molar-refractivity contribution in [3.63, 3.8) is 0 Å². The number of carbonyl (C=O) groups excluding carboxylic acids is 1. The second-order valence-electron chi connectivity index (χ2n) is 4.87. The van der Waals surface area contributed by atoms with Gasteiger partial charge in [-0.1, -0.05) is 12.8 Å². The first-order chi connectivity index (χ1) is 7.86. The molecule has 0 heterocycles. The summed E-state index contributed by atoms with van der Waals surface area (Å²) < 4.78 is 22.6. The van der Waals surface area contributed by atoms with E-state index in [9.17, 15) is 13.2 Å². The van der Waals surface area contributed by atoms with E-state index in [0.717, 1.165) is 31.9 Å². The van der Waals surface area contributed by atoms with E-state index in [1.54, 1.807) is 0 Å². The first kappa shape index (κ1) is 14.4. The van der Waals surface area contributed by atoms with Crippen LogP contribution in [0, 0.1) is 5.92 Å². The van der Waals surface area contributed by atoms with E-state index < -0.39 is 21.0 Å². The summed E-state index contributed by atoms with van der Waals surface area (Å²) in [6.45, 7) is 1.96. The van der Waals surface area contributed by atoms with Gasteiger partial charge in [0.15, 0.2) is 9.84 Å². The van der Waals surface area contributed by atoms with Gasteiger partial charge in [-0.05, 0) is 32.2 Å². The van der Waals surface area contributed by atoms with Crippen molar-refractivity contribution < 1.29 is 13.2 Å². The van der Waals surface area contributed by atoms with E-state index in [0.29, 0.717) is 6.54 Å². The van der Waals surface area contributed by atoms with E-state index >= 15 is 0 Å². The molecule has 3 atom stereocenters. The zero-order valence-electron chi connectivity index (χ0n) is 10.5. The van der Waals surface area contributed by atoms with E-state index in [2.05, 4.69) is 5.32 Å². The quantitative estimate of drug-likeness (QED) is 0.749. The molecule has 0 spiro atoms. The molecule has 0 bridgehead atoms. The van der Waals surface area contributed by atoms with Crippen LogP contribution in [0.5, 0.6) is 0 Å². The molecule has 3 unspecified atom stereocenters. The van der Waals surface area contributed by atoms with Crippen LogP contribution in [0.25, 0.3) is 0 Å². The van der Waals surface area contributed by atoms with Crippen molar-refractivity contribution in [1.82, 2.24) is 5.32 Å². The van der Waals surface area contributed by atoms with Gasteiger partial charge < -0.3 is 11.1 Å². The summed E-state index contributed by atoms with van der Waals surface area (Å²) in [6, 6.07) is 0.0328. The minimum Gasteiger partial charge on any atom is -0.352 e. The summed E-state index contributed by atoms with van der Waals surface area (Å²) in [5.41, 5.74) is 5.66. The Morgan fingerprint density at radius 2 is 2.00 bits per heavy atom. The predicted molar refractivity (Wildman–Crippen MR) is 67.2 cm³/mol. The van der Waals surface area contributed by atoms with E-state index in [1.165, 1.54) is 6.92 Å². The van der Waals surface area contributed by atoms with Crippen LogP contribution in [0.15, 0.2) is 0 Å². The molecule has 100 valence electrons. The minimum atomic E-state index is -3.32. The smallest absolute Gasteiger partial charge is 0.238 e. The molecule has 5 nitrogen and oxygen atoms in total.